The van der Waals surface area contributed by atoms with E-state index in [1.807, 2.05) is 20.8 Å². The van der Waals surface area contributed by atoms with E-state index >= 15 is 0 Å². The average Bonchev–Trinajstić information content (AvgIpc) is 2.36. The zero-order chi connectivity index (χ0) is 13.3. The number of rotatable bonds is 8. The quantitative estimate of drug-likeness (QED) is 0.650. The molecule has 1 unspecified atom stereocenters. The minimum atomic E-state index is -0.500. The van der Waals surface area contributed by atoms with Crippen molar-refractivity contribution in [3.8, 4) is 12.3 Å². The van der Waals surface area contributed by atoms with E-state index in [1.54, 1.807) is 0 Å². The molecule has 2 N–H and O–H groups in total. The van der Waals surface area contributed by atoms with Crippen LogP contribution in [-0.2, 0) is 4.79 Å². The van der Waals surface area contributed by atoms with Crippen LogP contribution in [-0.4, -0.2) is 34.7 Å². The van der Waals surface area contributed by atoms with Crippen LogP contribution in [0.2, 0.25) is 0 Å². The summed E-state index contributed by atoms with van der Waals surface area (Å²) < 4.78 is 0. The predicted octanol–water partition coefficient (Wildman–Crippen LogP) is 1.66. The van der Waals surface area contributed by atoms with E-state index in [-0.39, 0.29) is 18.4 Å². The largest absolute Gasteiger partial charge is 0.396 e. The molecular formula is C13H23NO2S. The Morgan fingerprint density at radius 2 is 2.12 bits per heavy atom. The van der Waals surface area contributed by atoms with Gasteiger partial charge in [-0.3, -0.25) is 4.79 Å². The molecule has 1 amide bonds. The molecule has 0 aromatic rings. The van der Waals surface area contributed by atoms with Crippen molar-refractivity contribution in [2.75, 3.05) is 18.1 Å². The Bertz CT molecular complexity index is 269. The Labute approximate surface area is 109 Å². The van der Waals surface area contributed by atoms with Crippen LogP contribution in [0.15, 0.2) is 0 Å². The number of hydrogen-bond donors (Lipinski definition) is 2. The topological polar surface area (TPSA) is 49.3 Å². The third kappa shape index (κ3) is 5.99. The van der Waals surface area contributed by atoms with Crippen LogP contribution >= 0.6 is 11.8 Å². The first-order chi connectivity index (χ1) is 8.03. The highest BCUT2D eigenvalue weighted by molar-refractivity contribution is 7.99. The molecule has 0 aliphatic carbocycles. The van der Waals surface area contributed by atoms with Crippen molar-refractivity contribution in [1.29, 1.82) is 0 Å². The molecule has 0 heterocycles. The van der Waals surface area contributed by atoms with Gasteiger partial charge in [-0.15, -0.1) is 6.42 Å². The Balaban J connectivity index is 4.05. The number of thioether (sulfide) groups is 1. The SMILES string of the molecule is C#CC(CC)(CC)NC(=O)CSCC(C)CO. The van der Waals surface area contributed by atoms with E-state index < -0.39 is 5.54 Å². The first-order valence-electron chi connectivity index (χ1n) is 6.01. The molecule has 1 atom stereocenters. The second kappa shape index (κ2) is 8.43. The van der Waals surface area contributed by atoms with Gasteiger partial charge in [0.25, 0.3) is 0 Å². The van der Waals surface area contributed by atoms with Crippen molar-refractivity contribution in [3.63, 3.8) is 0 Å². The summed E-state index contributed by atoms with van der Waals surface area (Å²) in [6.07, 6.45) is 6.95. The maximum atomic E-state index is 11.7. The van der Waals surface area contributed by atoms with Gasteiger partial charge in [-0.2, -0.15) is 11.8 Å². The number of carbonyl (C=O) groups excluding carboxylic acids is 1. The smallest absolute Gasteiger partial charge is 0.231 e. The minimum absolute atomic E-state index is 0.0261. The highest BCUT2D eigenvalue weighted by Crippen LogP contribution is 2.14. The lowest BCUT2D eigenvalue weighted by Crippen LogP contribution is -2.47. The minimum Gasteiger partial charge on any atom is -0.396 e. The Hall–Kier alpha value is -0.660. The lowest BCUT2D eigenvalue weighted by atomic mass is 9.94. The standard InChI is InChI=1S/C13H23NO2S/c1-5-13(6-2,7-3)14-12(16)10-17-9-11(4)8-15/h1,11,15H,6-10H2,2-4H3,(H,14,16). The van der Waals surface area contributed by atoms with Crippen LogP contribution in [0.4, 0.5) is 0 Å². The second-order valence-corrected chi connectivity index (χ2v) is 5.31. The molecule has 0 fully saturated rings. The van der Waals surface area contributed by atoms with Gasteiger partial charge in [-0.25, -0.2) is 0 Å². The van der Waals surface area contributed by atoms with Gasteiger partial charge in [0.15, 0.2) is 0 Å². The fourth-order valence-electron chi connectivity index (χ4n) is 1.38. The van der Waals surface area contributed by atoms with Crippen LogP contribution in [0.1, 0.15) is 33.6 Å². The number of nitrogens with one attached hydrogen (secondary N) is 1. The lowest BCUT2D eigenvalue weighted by Gasteiger charge is -2.27. The molecule has 0 aliphatic heterocycles. The average molecular weight is 257 g/mol. The van der Waals surface area contributed by atoms with E-state index in [2.05, 4.69) is 11.2 Å². The van der Waals surface area contributed by atoms with Gasteiger partial charge in [0.2, 0.25) is 5.91 Å². The first-order valence-corrected chi connectivity index (χ1v) is 7.16. The summed E-state index contributed by atoms with van der Waals surface area (Å²) >= 11 is 1.53. The van der Waals surface area contributed by atoms with Gasteiger partial charge in [-0.05, 0) is 24.5 Å². The Morgan fingerprint density at radius 1 is 1.53 bits per heavy atom. The van der Waals surface area contributed by atoms with Crippen molar-refractivity contribution >= 4 is 17.7 Å². The highest BCUT2D eigenvalue weighted by Gasteiger charge is 2.24. The summed E-state index contributed by atoms with van der Waals surface area (Å²) in [4.78, 5) is 11.7. The summed E-state index contributed by atoms with van der Waals surface area (Å²) in [5.74, 6) is 4.05. The molecule has 98 valence electrons. The predicted molar refractivity (Wildman–Crippen MR) is 73.9 cm³/mol. The van der Waals surface area contributed by atoms with Gasteiger partial charge >= 0.3 is 0 Å². The van der Waals surface area contributed by atoms with Gasteiger partial charge in [-0.1, -0.05) is 26.7 Å². The maximum Gasteiger partial charge on any atom is 0.231 e. The highest BCUT2D eigenvalue weighted by atomic mass is 32.2. The molecule has 3 nitrogen and oxygen atoms in total. The van der Waals surface area contributed by atoms with Crippen molar-refractivity contribution in [3.05, 3.63) is 0 Å². The summed E-state index contributed by atoms with van der Waals surface area (Å²) in [5, 5.41) is 11.8. The van der Waals surface area contributed by atoms with E-state index in [9.17, 15) is 4.79 Å². The molecule has 0 radical (unpaired) electrons. The van der Waals surface area contributed by atoms with Crippen molar-refractivity contribution < 1.29 is 9.90 Å². The van der Waals surface area contributed by atoms with Crippen LogP contribution in [0.5, 0.6) is 0 Å². The molecule has 17 heavy (non-hydrogen) atoms. The molecule has 0 bridgehead atoms. The van der Waals surface area contributed by atoms with Gasteiger partial charge in [0, 0.05) is 6.61 Å². The molecule has 0 saturated heterocycles. The number of aliphatic hydroxyl groups is 1. The second-order valence-electron chi connectivity index (χ2n) is 4.28. The van der Waals surface area contributed by atoms with Crippen LogP contribution in [0.3, 0.4) is 0 Å². The number of hydrogen-bond acceptors (Lipinski definition) is 3. The number of carbonyl (C=O) groups is 1. The fraction of sp³-hybridized carbons (Fsp3) is 0.769. The van der Waals surface area contributed by atoms with E-state index in [1.165, 1.54) is 11.8 Å². The van der Waals surface area contributed by atoms with Crippen LogP contribution in [0.25, 0.3) is 0 Å². The number of aliphatic hydroxyl groups excluding tert-OH is 1. The number of amides is 1. The molecule has 0 aliphatic rings. The summed E-state index contributed by atoms with van der Waals surface area (Å²) in [7, 11) is 0. The molecule has 4 heteroatoms. The van der Waals surface area contributed by atoms with Gasteiger partial charge in [0.05, 0.1) is 5.75 Å². The monoisotopic (exact) mass is 257 g/mol. The molecule has 0 aromatic carbocycles. The summed E-state index contributed by atoms with van der Waals surface area (Å²) in [6, 6.07) is 0. The molecule has 0 aromatic heterocycles. The van der Waals surface area contributed by atoms with E-state index in [0.717, 1.165) is 18.6 Å². The van der Waals surface area contributed by atoms with E-state index in [0.29, 0.717) is 5.75 Å². The molecule has 0 spiro atoms. The maximum absolute atomic E-state index is 11.7. The fourth-order valence-corrected chi connectivity index (χ4v) is 2.26. The third-order valence-corrected chi connectivity index (χ3v) is 4.08. The van der Waals surface area contributed by atoms with Crippen LogP contribution in [0, 0.1) is 18.3 Å². The zero-order valence-corrected chi connectivity index (χ0v) is 11.8. The van der Waals surface area contributed by atoms with Crippen molar-refractivity contribution in [2.24, 2.45) is 5.92 Å². The lowest BCUT2D eigenvalue weighted by molar-refractivity contribution is -0.119. The summed E-state index contributed by atoms with van der Waals surface area (Å²) in [6.45, 7) is 6.07. The normalized spacial score (nSPS) is 12.9. The Kier molecular flexibility index (Phi) is 8.11. The van der Waals surface area contributed by atoms with Crippen molar-refractivity contribution in [2.45, 2.75) is 39.2 Å². The Morgan fingerprint density at radius 3 is 2.53 bits per heavy atom. The van der Waals surface area contributed by atoms with Gasteiger partial charge in [0.1, 0.15) is 5.54 Å². The molecule has 0 rings (SSSR count). The van der Waals surface area contributed by atoms with E-state index in [4.69, 9.17) is 11.5 Å². The number of terminal acetylenes is 1. The molecule has 0 saturated carbocycles. The van der Waals surface area contributed by atoms with Crippen molar-refractivity contribution in [1.82, 2.24) is 5.32 Å². The van der Waals surface area contributed by atoms with Crippen LogP contribution < -0.4 is 5.32 Å². The van der Waals surface area contributed by atoms with Gasteiger partial charge < -0.3 is 10.4 Å². The summed E-state index contributed by atoms with van der Waals surface area (Å²) in [5.41, 5.74) is -0.500. The zero-order valence-electron chi connectivity index (χ0n) is 11.0. The third-order valence-electron chi connectivity index (χ3n) is 2.81. The molecular weight excluding hydrogens is 234 g/mol. The first kappa shape index (κ1) is 16.3.